The molecule has 1 amide bonds. The van der Waals surface area contributed by atoms with Gasteiger partial charge in [-0.1, -0.05) is 12.1 Å². The summed E-state index contributed by atoms with van der Waals surface area (Å²) < 4.78 is 8.25. The van der Waals surface area contributed by atoms with E-state index in [-0.39, 0.29) is 5.91 Å². The Morgan fingerprint density at radius 2 is 1.87 bits per heavy atom. The number of amides is 1. The summed E-state index contributed by atoms with van der Waals surface area (Å²) in [5, 5.41) is 4.22. The normalized spacial score (nSPS) is 16.2. The second kappa shape index (κ2) is 7.95. The topological polar surface area (TPSA) is 46.5 Å². The predicted molar refractivity (Wildman–Crippen MR) is 126 cm³/mol. The fourth-order valence-corrected chi connectivity index (χ4v) is 4.67. The highest BCUT2D eigenvalue weighted by molar-refractivity contribution is 6.13. The Balaban J connectivity index is 1.77. The van der Waals surface area contributed by atoms with Crippen molar-refractivity contribution in [1.29, 1.82) is 0 Å². The summed E-state index contributed by atoms with van der Waals surface area (Å²) in [4.78, 5) is 15.7. The number of nitrogens with zero attached hydrogens (tertiary/aromatic N) is 2. The Morgan fingerprint density at radius 3 is 2.45 bits per heavy atom. The lowest BCUT2D eigenvalue weighted by molar-refractivity contribution is 0.0787. The molecule has 2 fully saturated rings. The van der Waals surface area contributed by atoms with Gasteiger partial charge in [-0.15, -0.1) is 0 Å². The van der Waals surface area contributed by atoms with Gasteiger partial charge in [0.2, 0.25) is 0 Å². The van der Waals surface area contributed by atoms with Crippen LogP contribution in [0.2, 0.25) is 0 Å². The van der Waals surface area contributed by atoms with Gasteiger partial charge in [0.1, 0.15) is 5.75 Å². The Hall–Kier alpha value is -2.95. The van der Waals surface area contributed by atoms with Gasteiger partial charge in [0.05, 0.1) is 23.4 Å². The number of aromatic nitrogens is 1. The number of carbonyl (C=O) groups excluding carboxylic acids is 1. The van der Waals surface area contributed by atoms with E-state index in [1.54, 1.807) is 0 Å². The highest BCUT2D eigenvalue weighted by atomic mass is 16.5. The molecule has 31 heavy (non-hydrogen) atoms. The largest absolute Gasteiger partial charge is 0.494 e. The molecule has 2 aromatic carbocycles. The molecule has 0 atom stereocenters. The van der Waals surface area contributed by atoms with Gasteiger partial charge in [-0.25, -0.2) is 0 Å². The van der Waals surface area contributed by atoms with Crippen molar-refractivity contribution in [3.63, 3.8) is 0 Å². The van der Waals surface area contributed by atoms with Crippen LogP contribution in [0, 0.1) is 0 Å². The van der Waals surface area contributed by atoms with Crippen molar-refractivity contribution in [3.8, 4) is 17.0 Å². The van der Waals surface area contributed by atoms with E-state index >= 15 is 0 Å². The van der Waals surface area contributed by atoms with Crippen LogP contribution < -0.4 is 10.1 Å². The van der Waals surface area contributed by atoms with Gasteiger partial charge in [-0.2, -0.15) is 0 Å². The number of hydrogen-bond acceptors (Lipinski definition) is 3. The second-order valence-electron chi connectivity index (χ2n) is 8.76. The summed E-state index contributed by atoms with van der Waals surface area (Å²) in [5.74, 6) is 0.988. The third kappa shape index (κ3) is 3.46. The molecule has 1 N–H and O–H groups in total. The molecule has 2 aliphatic carbocycles. The lowest BCUT2D eigenvalue weighted by Gasteiger charge is -2.30. The van der Waals surface area contributed by atoms with Crippen LogP contribution in [0.1, 0.15) is 55.4 Å². The number of ether oxygens (including phenoxy) is 1. The summed E-state index contributed by atoms with van der Waals surface area (Å²) >= 11 is 0. The summed E-state index contributed by atoms with van der Waals surface area (Å²) in [6.45, 7) is 2.63. The van der Waals surface area contributed by atoms with Gasteiger partial charge in [-0.05, 0) is 68.9 Å². The SMILES string of the molecule is CCOc1ccc2c(C(=O)N(C)C3CC3)c(-c3ccc(NC)cc3)n(C3CCC3)c2c1. The molecular formula is C26H31N3O2. The maximum atomic E-state index is 13.8. The van der Waals surface area contributed by atoms with E-state index in [0.717, 1.165) is 64.8 Å². The average Bonchev–Trinajstić information content (AvgIpc) is 3.55. The minimum Gasteiger partial charge on any atom is -0.494 e. The smallest absolute Gasteiger partial charge is 0.256 e. The fraction of sp³-hybridized carbons (Fsp3) is 0.423. The number of fused-ring (bicyclic) bond motifs is 1. The number of benzene rings is 2. The monoisotopic (exact) mass is 417 g/mol. The van der Waals surface area contributed by atoms with E-state index in [0.29, 0.717) is 18.7 Å². The van der Waals surface area contributed by atoms with Gasteiger partial charge in [-0.3, -0.25) is 4.79 Å². The molecule has 2 aliphatic rings. The Bertz CT molecular complexity index is 1110. The zero-order chi connectivity index (χ0) is 21.5. The molecule has 162 valence electrons. The van der Waals surface area contributed by atoms with Crippen LogP contribution in [-0.2, 0) is 0 Å². The molecule has 1 heterocycles. The van der Waals surface area contributed by atoms with Crippen LogP contribution in [0.15, 0.2) is 42.5 Å². The minimum atomic E-state index is 0.127. The molecule has 0 bridgehead atoms. The van der Waals surface area contributed by atoms with E-state index in [4.69, 9.17) is 4.74 Å². The van der Waals surface area contributed by atoms with Crippen LogP contribution >= 0.6 is 0 Å². The van der Waals surface area contributed by atoms with Crippen molar-refractivity contribution in [2.24, 2.45) is 0 Å². The standard InChI is InChI=1S/C26H31N3O2/c1-4-31-21-14-15-22-23(16-21)29(20-6-5-7-20)25(17-8-10-18(27-2)11-9-17)24(22)26(30)28(3)19-12-13-19/h8-11,14-16,19-20,27H,4-7,12-13H2,1-3H3. The zero-order valence-corrected chi connectivity index (χ0v) is 18.6. The van der Waals surface area contributed by atoms with E-state index in [9.17, 15) is 4.79 Å². The highest BCUT2D eigenvalue weighted by Crippen LogP contribution is 2.44. The summed E-state index contributed by atoms with van der Waals surface area (Å²) in [6, 6.07) is 15.4. The van der Waals surface area contributed by atoms with E-state index in [2.05, 4.69) is 46.3 Å². The molecule has 2 saturated carbocycles. The molecule has 5 rings (SSSR count). The number of carbonyl (C=O) groups is 1. The van der Waals surface area contributed by atoms with Gasteiger partial charge >= 0.3 is 0 Å². The number of rotatable bonds is 7. The Labute approximate surface area is 184 Å². The number of anilines is 1. The molecular weight excluding hydrogens is 386 g/mol. The first kappa shape index (κ1) is 20.0. The molecule has 0 aliphatic heterocycles. The molecule has 0 saturated heterocycles. The third-order valence-electron chi connectivity index (χ3n) is 6.80. The third-order valence-corrected chi connectivity index (χ3v) is 6.80. The molecule has 5 nitrogen and oxygen atoms in total. The van der Waals surface area contributed by atoms with Crippen molar-refractivity contribution >= 4 is 22.5 Å². The van der Waals surface area contributed by atoms with E-state index in [1.165, 1.54) is 6.42 Å². The maximum absolute atomic E-state index is 13.8. The maximum Gasteiger partial charge on any atom is 0.256 e. The quantitative estimate of drug-likeness (QED) is 0.536. The summed E-state index contributed by atoms with van der Waals surface area (Å²) in [6.07, 6.45) is 5.74. The van der Waals surface area contributed by atoms with Crippen molar-refractivity contribution in [2.45, 2.75) is 51.1 Å². The molecule has 5 heteroatoms. The van der Waals surface area contributed by atoms with Gasteiger partial charge in [0.25, 0.3) is 5.91 Å². The van der Waals surface area contributed by atoms with Crippen LogP contribution in [0.25, 0.3) is 22.2 Å². The minimum absolute atomic E-state index is 0.127. The van der Waals surface area contributed by atoms with Gasteiger partial charge < -0.3 is 19.5 Å². The molecule has 1 aromatic heterocycles. The Morgan fingerprint density at radius 1 is 1.13 bits per heavy atom. The van der Waals surface area contributed by atoms with Crippen LogP contribution in [0.4, 0.5) is 5.69 Å². The highest BCUT2D eigenvalue weighted by Gasteiger charge is 2.35. The van der Waals surface area contributed by atoms with Gasteiger partial charge in [0.15, 0.2) is 0 Å². The lowest BCUT2D eigenvalue weighted by Crippen LogP contribution is -2.29. The van der Waals surface area contributed by atoms with Crippen molar-refractivity contribution in [1.82, 2.24) is 9.47 Å². The van der Waals surface area contributed by atoms with Crippen molar-refractivity contribution < 1.29 is 9.53 Å². The molecule has 3 aromatic rings. The summed E-state index contributed by atoms with van der Waals surface area (Å²) in [5.41, 5.74) is 5.14. The van der Waals surface area contributed by atoms with Crippen LogP contribution in [0.3, 0.4) is 0 Å². The average molecular weight is 418 g/mol. The second-order valence-corrected chi connectivity index (χ2v) is 8.76. The van der Waals surface area contributed by atoms with E-state index in [1.807, 2.05) is 32.0 Å². The zero-order valence-electron chi connectivity index (χ0n) is 18.6. The molecule has 0 spiro atoms. The van der Waals surface area contributed by atoms with Crippen LogP contribution in [-0.4, -0.2) is 42.1 Å². The predicted octanol–water partition coefficient (Wildman–Crippen LogP) is 5.71. The molecule has 0 unspecified atom stereocenters. The van der Waals surface area contributed by atoms with E-state index < -0.39 is 0 Å². The van der Waals surface area contributed by atoms with Crippen molar-refractivity contribution in [2.75, 3.05) is 26.0 Å². The fourth-order valence-electron chi connectivity index (χ4n) is 4.67. The summed E-state index contributed by atoms with van der Waals surface area (Å²) in [7, 11) is 3.88. The number of nitrogens with one attached hydrogen (secondary N) is 1. The van der Waals surface area contributed by atoms with Gasteiger partial charge in [0, 0.05) is 43.3 Å². The Kier molecular flexibility index (Phi) is 5.12. The first-order chi connectivity index (χ1) is 15.1. The van der Waals surface area contributed by atoms with Crippen molar-refractivity contribution in [3.05, 3.63) is 48.0 Å². The first-order valence-electron chi connectivity index (χ1n) is 11.5. The first-order valence-corrected chi connectivity index (χ1v) is 11.5. The lowest BCUT2D eigenvalue weighted by atomic mass is 9.92. The molecule has 0 radical (unpaired) electrons. The number of hydrogen-bond donors (Lipinski definition) is 1. The van der Waals surface area contributed by atoms with Crippen LogP contribution in [0.5, 0.6) is 5.75 Å².